The van der Waals surface area contributed by atoms with E-state index in [1.165, 1.54) is 12.8 Å². The Labute approximate surface area is 123 Å². The molecule has 1 spiro atoms. The van der Waals surface area contributed by atoms with Gasteiger partial charge in [-0.25, -0.2) is 0 Å². The smallest absolute Gasteiger partial charge is 0.244 e. The number of rotatable bonds is 6. The fourth-order valence-corrected chi connectivity index (χ4v) is 3.54. The van der Waals surface area contributed by atoms with Crippen molar-refractivity contribution < 1.29 is 4.79 Å². The van der Waals surface area contributed by atoms with E-state index in [1.54, 1.807) is 0 Å². The van der Waals surface area contributed by atoms with Crippen molar-refractivity contribution in [2.24, 2.45) is 0 Å². The van der Waals surface area contributed by atoms with Crippen LogP contribution in [0.25, 0.3) is 0 Å². The number of carbonyl (C=O) groups excluding carboxylic acids is 1. The van der Waals surface area contributed by atoms with Crippen LogP contribution in [-0.2, 0) is 4.79 Å². The number of amides is 1. The highest BCUT2D eigenvalue weighted by Crippen LogP contribution is 2.36. The Hall–Kier alpha value is -0.610. The van der Waals surface area contributed by atoms with Gasteiger partial charge < -0.3 is 9.80 Å². The predicted molar refractivity (Wildman–Crippen MR) is 82.5 cm³/mol. The summed E-state index contributed by atoms with van der Waals surface area (Å²) in [7, 11) is 2.16. The van der Waals surface area contributed by atoms with Crippen molar-refractivity contribution in [3.05, 3.63) is 0 Å². The van der Waals surface area contributed by atoms with Crippen LogP contribution in [0, 0.1) is 0 Å². The molecule has 116 valence electrons. The topological polar surface area (TPSA) is 35.6 Å². The highest BCUT2D eigenvalue weighted by atomic mass is 16.2. The molecule has 20 heavy (non-hydrogen) atoms. The van der Waals surface area contributed by atoms with Crippen LogP contribution in [0.4, 0.5) is 0 Å². The maximum absolute atomic E-state index is 12.8. The van der Waals surface area contributed by atoms with Crippen LogP contribution in [0.5, 0.6) is 0 Å². The van der Waals surface area contributed by atoms with Gasteiger partial charge in [-0.05, 0) is 53.1 Å². The van der Waals surface area contributed by atoms with E-state index in [1.807, 2.05) is 0 Å². The molecule has 0 radical (unpaired) electrons. The summed E-state index contributed by atoms with van der Waals surface area (Å²) in [6.07, 6.45) is 6.78. The molecule has 1 aliphatic carbocycles. The number of hydrogen-bond donors (Lipinski definition) is 1. The van der Waals surface area contributed by atoms with Crippen LogP contribution in [-0.4, -0.2) is 53.6 Å². The molecule has 2 fully saturated rings. The Balaban J connectivity index is 1.91. The minimum atomic E-state index is -0.204. The monoisotopic (exact) mass is 281 g/mol. The summed E-state index contributed by atoms with van der Waals surface area (Å²) in [6.45, 7) is 8.55. The van der Waals surface area contributed by atoms with E-state index < -0.39 is 0 Å². The first-order chi connectivity index (χ1) is 9.50. The fourth-order valence-electron chi connectivity index (χ4n) is 3.54. The number of nitrogens with one attached hydrogen (secondary N) is 1. The summed E-state index contributed by atoms with van der Waals surface area (Å²) in [5.41, 5.74) is -0.204. The Kier molecular flexibility index (Phi) is 5.08. The Morgan fingerprint density at radius 3 is 2.60 bits per heavy atom. The number of hydrogen-bond acceptors (Lipinski definition) is 3. The summed E-state index contributed by atoms with van der Waals surface area (Å²) in [5.74, 6) is 0.369. The molecule has 1 N–H and O–H groups in total. The lowest BCUT2D eigenvalue weighted by atomic mass is 9.98. The molecule has 0 aromatic heterocycles. The zero-order chi connectivity index (χ0) is 14.8. The van der Waals surface area contributed by atoms with Crippen LogP contribution in [0.1, 0.15) is 59.3 Å². The average Bonchev–Trinajstić information content (AvgIpc) is 2.99. The summed E-state index contributed by atoms with van der Waals surface area (Å²) >= 11 is 0. The SMILES string of the molecule is CCC1NC2(CCCC2)C(=O)N1CCCN(C)C(C)C. The Bertz CT molecular complexity index is 337. The zero-order valence-corrected chi connectivity index (χ0v) is 13.6. The second-order valence-electron chi connectivity index (χ2n) is 6.78. The molecular formula is C16H31N3O. The van der Waals surface area contributed by atoms with E-state index in [4.69, 9.17) is 0 Å². The van der Waals surface area contributed by atoms with E-state index in [0.29, 0.717) is 11.9 Å². The molecular weight excluding hydrogens is 250 g/mol. The fraction of sp³-hybridized carbons (Fsp3) is 0.938. The molecule has 1 saturated carbocycles. The average molecular weight is 281 g/mol. The highest BCUT2D eigenvalue weighted by Gasteiger charge is 2.51. The Morgan fingerprint density at radius 1 is 1.40 bits per heavy atom. The van der Waals surface area contributed by atoms with Crippen molar-refractivity contribution in [2.45, 2.75) is 77.0 Å². The minimum absolute atomic E-state index is 0.204. The number of nitrogens with zero attached hydrogens (tertiary/aromatic N) is 2. The van der Waals surface area contributed by atoms with Gasteiger partial charge in [-0.1, -0.05) is 19.8 Å². The molecule has 1 atom stereocenters. The summed E-state index contributed by atoms with van der Waals surface area (Å²) in [5, 5.41) is 3.64. The number of carbonyl (C=O) groups is 1. The highest BCUT2D eigenvalue weighted by molar-refractivity contribution is 5.89. The van der Waals surface area contributed by atoms with Crippen molar-refractivity contribution in [1.29, 1.82) is 0 Å². The van der Waals surface area contributed by atoms with Crippen LogP contribution >= 0.6 is 0 Å². The van der Waals surface area contributed by atoms with Crippen molar-refractivity contribution in [1.82, 2.24) is 15.1 Å². The van der Waals surface area contributed by atoms with E-state index in [2.05, 4.69) is 42.9 Å². The lowest BCUT2D eigenvalue weighted by Gasteiger charge is -2.26. The lowest BCUT2D eigenvalue weighted by Crippen LogP contribution is -2.44. The van der Waals surface area contributed by atoms with Crippen molar-refractivity contribution >= 4 is 5.91 Å². The predicted octanol–water partition coefficient (Wildman–Crippen LogP) is 2.20. The second kappa shape index (κ2) is 6.44. The van der Waals surface area contributed by atoms with Crippen LogP contribution < -0.4 is 5.32 Å². The molecule has 0 aromatic carbocycles. The molecule has 0 aromatic rings. The quantitative estimate of drug-likeness (QED) is 0.811. The maximum Gasteiger partial charge on any atom is 0.244 e. The molecule has 1 saturated heterocycles. The molecule has 1 unspecified atom stereocenters. The maximum atomic E-state index is 12.8. The first-order valence-corrected chi connectivity index (χ1v) is 8.29. The standard InChI is InChI=1S/C16H31N3O/c1-5-14-17-16(9-6-7-10-16)15(20)19(14)12-8-11-18(4)13(2)3/h13-14,17H,5-12H2,1-4H3. The van der Waals surface area contributed by atoms with Gasteiger partial charge in [0.25, 0.3) is 0 Å². The minimum Gasteiger partial charge on any atom is -0.326 e. The van der Waals surface area contributed by atoms with Crippen LogP contribution in [0.15, 0.2) is 0 Å². The molecule has 2 aliphatic rings. The van der Waals surface area contributed by atoms with Gasteiger partial charge in [0.15, 0.2) is 0 Å². The van der Waals surface area contributed by atoms with Gasteiger partial charge in [0.2, 0.25) is 5.91 Å². The molecule has 0 bridgehead atoms. The molecule has 1 aliphatic heterocycles. The third kappa shape index (κ3) is 3.01. The van der Waals surface area contributed by atoms with E-state index >= 15 is 0 Å². The van der Waals surface area contributed by atoms with Gasteiger partial charge in [-0.2, -0.15) is 0 Å². The van der Waals surface area contributed by atoms with E-state index in [-0.39, 0.29) is 11.7 Å². The molecule has 4 nitrogen and oxygen atoms in total. The largest absolute Gasteiger partial charge is 0.326 e. The molecule has 1 heterocycles. The lowest BCUT2D eigenvalue weighted by molar-refractivity contribution is -0.133. The molecule has 2 rings (SSSR count). The van der Waals surface area contributed by atoms with Gasteiger partial charge in [0.1, 0.15) is 0 Å². The second-order valence-corrected chi connectivity index (χ2v) is 6.78. The van der Waals surface area contributed by atoms with Gasteiger partial charge in [-0.15, -0.1) is 0 Å². The van der Waals surface area contributed by atoms with E-state index in [9.17, 15) is 4.79 Å². The summed E-state index contributed by atoms with van der Waals surface area (Å²) < 4.78 is 0. The summed E-state index contributed by atoms with van der Waals surface area (Å²) in [6, 6.07) is 0.575. The first-order valence-electron chi connectivity index (χ1n) is 8.29. The molecule has 4 heteroatoms. The third-order valence-electron chi connectivity index (χ3n) is 5.12. The normalized spacial score (nSPS) is 25.6. The Morgan fingerprint density at radius 2 is 2.05 bits per heavy atom. The van der Waals surface area contributed by atoms with Crippen molar-refractivity contribution in [3.8, 4) is 0 Å². The van der Waals surface area contributed by atoms with Crippen molar-refractivity contribution in [3.63, 3.8) is 0 Å². The van der Waals surface area contributed by atoms with Crippen LogP contribution in [0.3, 0.4) is 0 Å². The summed E-state index contributed by atoms with van der Waals surface area (Å²) in [4.78, 5) is 17.2. The first kappa shape index (κ1) is 15.8. The van der Waals surface area contributed by atoms with Gasteiger partial charge >= 0.3 is 0 Å². The van der Waals surface area contributed by atoms with Crippen LogP contribution in [0.2, 0.25) is 0 Å². The molecule has 1 amide bonds. The third-order valence-corrected chi connectivity index (χ3v) is 5.12. The zero-order valence-electron chi connectivity index (χ0n) is 13.6. The van der Waals surface area contributed by atoms with E-state index in [0.717, 1.165) is 38.8 Å². The van der Waals surface area contributed by atoms with Gasteiger partial charge in [-0.3, -0.25) is 10.1 Å². The van der Waals surface area contributed by atoms with Gasteiger partial charge in [0.05, 0.1) is 11.7 Å². The van der Waals surface area contributed by atoms with Gasteiger partial charge in [0, 0.05) is 12.6 Å². The van der Waals surface area contributed by atoms with Crippen molar-refractivity contribution in [2.75, 3.05) is 20.1 Å².